The quantitative estimate of drug-likeness (QED) is 0.445. The molecule has 1 atom stereocenters. The van der Waals surface area contributed by atoms with E-state index in [1.165, 1.54) is 12.9 Å². The minimum atomic E-state index is -0.972. The van der Waals surface area contributed by atoms with Gasteiger partial charge in [0.05, 0.1) is 6.42 Å². The van der Waals surface area contributed by atoms with Gasteiger partial charge >= 0.3 is 5.97 Å². The molecule has 0 aliphatic heterocycles. The van der Waals surface area contributed by atoms with Crippen molar-refractivity contribution < 1.29 is 19.4 Å². The molecule has 1 radical (unpaired) electrons. The van der Waals surface area contributed by atoms with Gasteiger partial charge in [0.2, 0.25) is 0 Å². The fraction of sp³-hybridized carbons (Fsp3) is 0.500. The maximum Gasteiger partial charge on any atom is 0.307 e. The number of ether oxygens (including phenoxy) is 1. The zero-order valence-corrected chi connectivity index (χ0v) is 5.46. The van der Waals surface area contributed by atoms with Gasteiger partial charge in [-0.3, -0.25) is 4.79 Å². The Hall–Kier alpha value is -1.28. The third-order valence-corrected chi connectivity index (χ3v) is 0.764. The van der Waals surface area contributed by atoms with Crippen LogP contribution >= 0.6 is 0 Å². The molecule has 4 heteroatoms. The second kappa shape index (κ2) is 4.58. The number of carboxylic acid groups (broad SMARTS) is 1. The van der Waals surface area contributed by atoms with Gasteiger partial charge in [-0.05, 0) is 6.92 Å². The van der Waals surface area contributed by atoms with Crippen LogP contribution in [0, 0.1) is 6.26 Å². The molecule has 0 aromatic rings. The van der Waals surface area contributed by atoms with Crippen molar-refractivity contribution in [1.82, 2.24) is 0 Å². The first kappa shape index (κ1) is 8.72. The van der Waals surface area contributed by atoms with E-state index in [4.69, 9.17) is 5.11 Å². The summed E-state index contributed by atoms with van der Waals surface area (Å²) in [5.41, 5.74) is 0. The molecule has 0 saturated carbocycles. The minimum Gasteiger partial charge on any atom is -0.481 e. The van der Waals surface area contributed by atoms with Gasteiger partial charge in [0.1, 0.15) is 6.10 Å². The van der Waals surface area contributed by atoms with Crippen LogP contribution in [-0.2, 0) is 14.3 Å². The fourth-order valence-corrected chi connectivity index (χ4v) is 0.412. The SMILES string of the molecule is CC(CC(=O)O)O[C]=C=O. The lowest BCUT2D eigenvalue weighted by atomic mass is 10.3. The van der Waals surface area contributed by atoms with Crippen LogP contribution in [0.1, 0.15) is 13.3 Å². The van der Waals surface area contributed by atoms with Crippen molar-refractivity contribution in [3.63, 3.8) is 0 Å². The maximum atomic E-state index is 9.97. The van der Waals surface area contributed by atoms with Crippen LogP contribution in [0.2, 0.25) is 0 Å². The maximum absolute atomic E-state index is 9.97. The lowest BCUT2D eigenvalue weighted by molar-refractivity contribution is -0.139. The molecular weight excluding hydrogens is 136 g/mol. The number of rotatable bonds is 4. The van der Waals surface area contributed by atoms with Gasteiger partial charge in [-0.25, -0.2) is 4.79 Å². The molecular formula is C6H7O4. The van der Waals surface area contributed by atoms with E-state index >= 15 is 0 Å². The third-order valence-electron chi connectivity index (χ3n) is 0.764. The van der Waals surface area contributed by atoms with Crippen LogP contribution in [0.15, 0.2) is 0 Å². The molecule has 1 N–H and O–H groups in total. The first-order valence-corrected chi connectivity index (χ1v) is 2.66. The molecule has 10 heavy (non-hydrogen) atoms. The Bertz CT molecular complexity index is 153. The zero-order valence-electron chi connectivity index (χ0n) is 5.46. The average Bonchev–Trinajstić information content (AvgIpc) is 1.82. The predicted molar refractivity (Wildman–Crippen MR) is 31.7 cm³/mol. The summed E-state index contributed by atoms with van der Waals surface area (Å²) in [6.45, 7) is 1.53. The van der Waals surface area contributed by atoms with Gasteiger partial charge in [0, 0.05) is 0 Å². The summed E-state index contributed by atoms with van der Waals surface area (Å²) >= 11 is 0. The van der Waals surface area contributed by atoms with Gasteiger partial charge in [0.25, 0.3) is 6.26 Å². The number of carbonyl (C=O) groups excluding carboxylic acids is 1. The molecule has 0 rings (SSSR count). The molecule has 0 aliphatic carbocycles. The van der Waals surface area contributed by atoms with E-state index < -0.39 is 12.1 Å². The van der Waals surface area contributed by atoms with Gasteiger partial charge in [0.15, 0.2) is 5.94 Å². The molecule has 0 heterocycles. The predicted octanol–water partition coefficient (Wildman–Crippen LogP) is 0.0147. The summed E-state index contributed by atoms with van der Waals surface area (Å²) in [6, 6.07) is 0. The van der Waals surface area contributed by atoms with Gasteiger partial charge in [-0.2, -0.15) is 0 Å². The second-order valence-corrected chi connectivity index (χ2v) is 1.73. The monoisotopic (exact) mass is 143 g/mol. The second-order valence-electron chi connectivity index (χ2n) is 1.73. The van der Waals surface area contributed by atoms with Gasteiger partial charge in [-0.15, -0.1) is 0 Å². The number of carboxylic acids is 1. The molecule has 1 unspecified atom stereocenters. The van der Waals surface area contributed by atoms with E-state index in [-0.39, 0.29) is 6.42 Å². The van der Waals surface area contributed by atoms with Crippen LogP contribution in [0.3, 0.4) is 0 Å². The third kappa shape index (κ3) is 4.87. The highest BCUT2D eigenvalue weighted by molar-refractivity contribution is 5.67. The molecule has 0 saturated heterocycles. The van der Waals surface area contributed by atoms with Gasteiger partial charge in [-0.1, -0.05) is 0 Å². The summed E-state index contributed by atoms with van der Waals surface area (Å²) < 4.78 is 4.45. The number of carbonyl (C=O) groups is 1. The highest BCUT2D eigenvalue weighted by Crippen LogP contribution is 1.95. The lowest BCUT2D eigenvalue weighted by Crippen LogP contribution is -2.10. The minimum absolute atomic E-state index is 0.144. The normalized spacial score (nSPS) is 11.3. The largest absolute Gasteiger partial charge is 0.481 e. The number of hydrogen-bond acceptors (Lipinski definition) is 3. The van der Waals surface area contributed by atoms with Crippen molar-refractivity contribution in [3.8, 4) is 0 Å². The number of hydrogen-bond donors (Lipinski definition) is 1. The van der Waals surface area contributed by atoms with E-state index in [9.17, 15) is 9.59 Å². The van der Waals surface area contributed by atoms with Crippen molar-refractivity contribution in [2.75, 3.05) is 0 Å². The van der Waals surface area contributed by atoms with E-state index in [0.717, 1.165) is 0 Å². The summed E-state index contributed by atoms with van der Waals surface area (Å²) in [5, 5.41) is 8.18. The van der Waals surface area contributed by atoms with Crippen LogP contribution in [-0.4, -0.2) is 23.1 Å². The summed E-state index contributed by atoms with van der Waals surface area (Å²) in [4.78, 5) is 19.5. The molecule has 0 aliphatic rings. The first-order valence-electron chi connectivity index (χ1n) is 2.66. The van der Waals surface area contributed by atoms with E-state index in [2.05, 4.69) is 4.74 Å². The summed E-state index contributed by atoms with van der Waals surface area (Å²) in [5.74, 6) is 0.285. The van der Waals surface area contributed by atoms with Crippen LogP contribution in [0.5, 0.6) is 0 Å². The van der Waals surface area contributed by atoms with Gasteiger partial charge < -0.3 is 9.84 Å². The Kier molecular flexibility index (Phi) is 4.00. The Morgan fingerprint density at radius 1 is 1.80 bits per heavy atom. The smallest absolute Gasteiger partial charge is 0.307 e. The van der Waals surface area contributed by atoms with Crippen LogP contribution in [0.25, 0.3) is 0 Å². The Labute approximate surface area is 58.1 Å². The molecule has 4 nitrogen and oxygen atoms in total. The fourth-order valence-electron chi connectivity index (χ4n) is 0.412. The summed E-state index contributed by atoms with van der Waals surface area (Å²) in [6.07, 6.45) is 1.11. The Balaban J connectivity index is 3.52. The molecule has 55 valence electrons. The highest BCUT2D eigenvalue weighted by atomic mass is 16.5. The van der Waals surface area contributed by atoms with Crippen molar-refractivity contribution in [2.24, 2.45) is 0 Å². The topological polar surface area (TPSA) is 63.6 Å². The molecule has 0 spiro atoms. The molecule has 0 aromatic heterocycles. The van der Waals surface area contributed by atoms with E-state index in [0.29, 0.717) is 0 Å². The number of aliphatic carboxylic acids is 1. The molecule has 0 amide bonds. The Morgan fingerprint density at radius 3 is 2.80 bits per heavy atom. The van der Waals surface area contributed by atoms with Crippen molar-refractivity contribution >= 4 is 11.9 Å². The Morgan fingerprint density at radius 2 is 2.40 bits per heavy atom. The summed E-state index contributed by atoms with van der Waals surface area (Å²) in [7, 11) is 0. The first-order chi connectivity index (χ1) is 4.66. The standard InChI is InChI=1S/C6H7O4/c1-5(4-6(8)9)10-3-2-7/h5H,4H2,1H3,(H,8,9). The van der Waals surface area contributed by atoms with Crippen LogP contribution < -0.4 is 0 Å². The van der Waals surface area contributed by atoms with Crippen molar-refractivity contribution in [2.45, 2.75) is 19.4 Å². The van der Waals surface area contributed by atoms with Crippen molar-refractivity contribution in [3.05, 3.63) is 6.26 Å². The zero-order chi connectivity index (χ0) is 7.98. The molecule has 0 bridgehead atoms. The lowest BCUT2D eigenvalue weighted by Gasteiger charge is -2.03. The van der Waals surface area contributed by atoms with Crippen LogP contribution in [0.4, 0.5) is 0 Å². The van der Waals surface area contributed by atoms with E-state index in [1.807, 2.05) is 0 Å². The van der Waals surface area contributed by atoms with E-state index in [1.54, 1.807) is 6.26 Å². The average molecular weight is 143 g/mol. The molecule has 0 fully saturated rings. The highest BCUT2D eigenvalue weighted by Gasteiger charge is 2.05. The molecule has 0 aromatic carbocycles. The van der Waals surface area contributed by atoms with Crippen molar-refractivity contribution in [1.29, 1.82) is 0 Å².